The van der Waals surface area contributed by atoms with Crippen molar-refractivity contribution in [3.05, 3.63) is 5.92 Å². The molecule has 0 amide bonds. The van der Waals surface area contributed by atoms with Gasteiger partial charge in [0.15, 0.2) is 0 Å². The van der Waals surface area contributed by atoms with Gasteiger partial charge in [0, 0.05) is 5.54 Å². The average molecular weight is 112 g/mol. The van der Waals surface area contributed by atoms with Gasteiger partial charge in [0.05, 0.1) is 0 Å². The molecule has 0 heterocycles. The van der Waals surface area contributed by atoms with Crippen LogP contribution in [-0.4, -0.2) is 5.54 Å². The molecule has 1 saturated carbocycles. The van der Waals surface area contributed by atoms with Crippen LogP contribution in [0, 0.1) is 5.92 Å². The van der Waals surface area contributed by atoms with E-state index in [1.165, 1.54) is 18.8 Å². The van der Waals surface area contributed by atoms with Gasteiger partial charge in [-0.3, -0.25) is 0 Å². The van der Waals surface area contributed by atoms with E-state index < -0.39 is 0 Å². The molecule has 0 unspecified atom stereocenters. The molecule has 0 spiro atoms. The lowest BCUT2D eigenvalue weighted by atomic mass is 10.0. The highest BCUT2D eigenvalue weighted by Crippen LogP contribution is 2.38. The first-order valence-electron chi connectivity index (χ1n) is 3.20. The van der Waals surface area contributed by atoms with Crippen LogP contribution in [0.1, 0.15) is 33.1 Å². The van der Waals surface area contributed by atoms with E-state index in [1.54, 1.807) is 0 Å². The molecule has 0 bridgehead atoms. The summed E-state index contributed by atoms with van der Waals surface area (Å²) in [6.07, 6.45) is 3.60. The maximum Gasteiger partial charge on any atom is 0.0161 e. The minimum atomic E-state index is 0.235. The summed E-state index contributed by atoms with van der Waals surface area (Å²) in [4.78, 5) is 0. The lowest BCUT2D eigenvalue weighted by molar-refractivity contribution is 0.623. The Labute approximate surface area is 51.3 Å². The zero-order valence-electron chi connectivity index (χ0n) is 5.70. The van der Waals surface area contributed by atoms with Gasteiger partial charge in [-0.15, -0.1) is 0 Å². The second-order valence-corrected chi connectivity index (χ2v) is 3.25. The van der Waals surface area contributed by atoms with Gasteiger partial charge in [0.1, 0.15) is 0 Å². The first kappa shape index (κ1) is 6.09. The molecule has 1 rings (SSSR count). The van der Waals surface area contributed by atoms with Crippen LogP contribution in [0.15, 0.2) is 0 Å². The third kappa shape index (κ3) is 1.48. The Bertz CT molecular complexity index is 82.4. The van der Waals surface area contributed by atoms with Crippen molar-refractivity contribution in [2.24, 2.45) is 5.73 Å². The molecule has 2 N–H and O–H groups in total. The predicted octanol–water partition coefficient (Wildman–Crippen LogP) is 1.48. The predicted molar refractivity (Wildman–Crippen MR) is 35.4 cm³/mol. The Hall–Kier alpha value is -0.0400. The van der Waals surface area contributed by atoms with E-state index in [2.05, 4.69) is 13.8 Å². The van der Waals surface area contributed by atoms with Crippen LogP contribution in [0.5, 0.6) is 0 Å². The van der Waals surface area contributed by atoms with Crippen LogP contribution >= 0.6 is 0 Å². The monoisotopic (exact) mass is 112 g/mol. The first-order chi connectivity index (χ1) is 3.62. The van der Waals surface area contributed by atoms with E-state index in [-0.39, 0.29) is 5.54 Å². The van der Waals surface area contributed by atoms with Crippen molar-refractivity contribution in [3.8, 4) is 0 Å². The van der Waals surface area contributed by atoms with E-state index in [0.717, 1.165) is 6.42 Å². The van der Waals surface area contributed by atoms with Gasteiger partial charge in [-0.25, -0.2) is 0 Å². The maximum atomic E-state index is 5.83. The molecule has 8 heavy (non-hydrogen) atoms. The second kappa shape index (κ2) is 1.73. The normalized spacial score (nSPS) is 24.0. The number of nitrogens with two attached hydrogens (primary N) is 1. The Morgan fingerprint density at radius 1 is 1.50 bits per heavy atom. The zero-order chi connectivity index (χ0) is 6.20. The van der Waals surface area contributed by atoms with Gasteiger partial charge in [0.25, 0.3) is 0 Å². The Kier molecular flexibility index (Phi) is 1.31. The summed E-state index contributed by atoms with van der Waals surface area (Å²) in [5, 5.41) is 0. The van der Waals surface area contributed by atoms with Crippen LogP contribution in [0.4, 0.5) is 0 Å². The summed E-state index contributed by atoms with van der Waals surface area (Å²) in [6.45, 7) is 4.29. The van der Waals surface area contributed by atoms with Crippen LogP contribution in [0.2, 0.25) is 0 Å². The third-order valence-electron chi connectivity index (χ3n) is 1.60. The van der Waals surface area contributed by atoms with E-state index in [0.29, 0.717) is 0 Å². The molecule has 0 aromatic carbocycles. The molecule has 0 aliphatic heterocycles. The Morgan fingerprint density at radius 3 is 2.12 bits per heavy atom. The molecule has 1 radical (unpaired) electrons. The van der Waals surface area contributed by atoms with Gasteiger partial charge in [-0.05, 0) is 25.2 Å². The minimum absolute atomic E-state index is 0.235. The Morgan fingerprint density at radius 2 is 2.00 bits per heavy atom. The second-order valence-electron chi connectivity index (χ2n) is 3.25. The molecular weight excluding hydrogens is 98.1 g/mol. The molecule has 47 valence electrons. The highest BCUT2D eigenvalue weighted by atomic mass is 14.8. The summed E-state index contributed by atoms with van der Waals surface area (Å²) >= 11 is 0. The highest BCUT2D eigenvalue weighted by molar-refractivity contribution is 5.04. The minimum Gasteiger partial charge on any atom is -0.325 e. The largest absolute Gasteiger partial charge is 0.325 e. The van der Waals surface area contributed by atoms with Crippen molar-refractivity contribution >= 4 is 0 Å². The first-order valence-corrected chi connectivity index (χ1v) is 3.20. The van der Waals surface area contributed by atoms with Crippen LogP contribution in [0.3, 0.4) is 0 Å². The third-order valence-corrected chi connectivity index (χ3v) is 1.60. The fourth-order valence-electron chi connectivity index (χ4n) is 1.04. The zero-order valence-corrected chi connectivity index (χ0v) is 5.70. The lowest BCUT2D eigenvalue weighted by Gasteiger charge is -2.09. The highest BCUT2D eigenvalue weighted by Gasteiger charge is 2.38. The van der Waals surface area contributed by atoms with E-state index in [9.17, 15) is 0 Å². The molecule has 1 aliphatic carbocycles. The number of rotatable bonds is 2. The number of hydrogen-bond donors (Lipinski definition) is 1. The molecule has 1 fully saturated rings. The maximum absolute atomic E-state index is 5.83. The lowest BCUT2D eigenvalue weighted by Crippen LogP contribution is -2.22. The fraction of sp³-hybridized carbons (Fsp3) is 0.857. The van der Waals surface area contributed by atoms with E-state index in [4.69, 9.17) is 5.73 Å². The Balaban J connectivity index is 2.19. The van der Waals surface area contributed by atoms with E-state index >= 15 is 0 Å². The number of hydrogen-bond acceptors (Lipinski definition) is 1. The smallest absolute Gasteiger partial charge is 0.0161 e. The summed E-state index contributed by atoms with van der Waals surface area (Å²) in [5.74, 6) is 1.46. The van der Waals surface area contributed by atoms with Crippen LogP contribution in [-0.2, 0) is 0 Å². The molecule has 1 heteroatoms. The van der Waals surface area contributed by atoms with Gasteiger partial charge in [-0.2, -0.15) is 0 Å². The molecule has 1 aliphatic rings. The average Bonchev–Trinajstić information content (AvgIpc) is 2.17. The summed E-state index contributed by atoms with van der Waals surface area (Å²) < 4.78 is 0. The fourth-order valence-corrected chi connectivity index (χ4v) is 1.04. The molecular formula is C7H14N. The van der Waals surface area contributed by atoms with Crippen LogP contribution in [0.25, 0.3) is 0 Å². The molecule has 0 atom stereocenters. The standard InChI is InChI=1S/C7H14N/c1-6(2)5-7(8)3-4-7/h3-5,8H2,1-2H3. The molecule has 0 aromatic rings. The topological polar surface area (TPSA) is 26.0 Å². The van der Waals surface area contributed by atoms with Crippen molar-refractivity contribution in [2.45, 2.75) is 38.6 Å². The van der Waals surface area contributed by atoms with Gasteiger partial charge in [0.2, 0.25) is 0 Å². The van der Waals surface area contributed by atoms with E-state index in [1.807, 2.05) is 0 Å². The summed E-state index contributed by atoms with van der Waals surface area (Å²) in [5.41, 5.74) is 6.06. The van der Waals surface area contributed by atoms with Gasteiger partial charge in [-0.1, -0.05) is 13.8 Å². The summed E-state index contributed by atoms with van der Waals surface area (Å²) in [6, 6.07) is 0. The van der Waals surface area contributed by atoms with Crippen LogP contribution < -0.4 is 5.73 Å². The van der Waals surface area contributed by atoms with Crippen molar-refractivity contribution in [2.75, 3.05) is 0 Å². The molecule has 1 nitrogen and oxygen atoms in total. The van der Waals surface area contributed by atoms with Crippen molar-refractivity contribution in [3.63, 3.8) is 0 Å². The van der Waals surface area contributed by atoms with Gasteiger partial charge >= 0.3 is 0 Å². The molecule has 0 saturated heterocycles. The van der Waals surface area contributed by atoms with Gasteiger partial charge < -0.3 is 5.73 Å². The van der Waals surface area contributed by atoms with Crippen molar-refractivity contribution in [1.29, 1.82) is 0 Å². The van der Waals surface area contributed by atoms with Crippen molar-refractivity contribution < 1.29 is 0 Å². The molecule has 0 aromatic heterocycles. The SMILES string of the molecule is C[C](C)CC1(N)CC1. The summed E-state index contributed by atoms with van der Waals surface area (Å²) in [7, 11) is 0. The quantitative estimate of drug-likeness (QED) is 0.575. The van der Waals surface area contributed by atoms with Crippen molar-refractivity contribution in [1.82, 2.24) is 0 Å².